The van der Waals surface area contributed by atoms with Gasteiger partial charge < -0.3 is 71.5 Å². The highest BCUT2D eigenvalue weighted by atomic mass is 19.4. The topological polar surface area (TPSA) is 330 Å². The lowest BCUT2D eigenvalue weighted by atomic mass is 9.79. The van der Waals surface area contributed by atoms with E-state index in [1.54, 1.807) is 0 Å². The summed E-state index contributed by atoms with van der Waals surface area (Å²) >= 11 is 0. The van der Waals surface area contributed by atoms with Gasteiger partial charge >= 0.3 is 47.9 Å². The molecule has 14 N–H and O–H groups in total. The molecule has 20 nitrogen and oxygen atoms in total. The van der Waals surface area contributed by atoms with Crippen LogP contribution < -0.4 is 0 Å². The number of aryl methyl sites for hydroxylation is 1. The number of hydrogen-bond donors (Lipinski definition) is 14. The Morgan fingerprint density at radius 2 is 1.14 bits per heavy atom. The lowest BCUT2D eigenvalue weighted by Gasteiger charge is -2.66. The molecule has 4 atom stereocenters. The van der Waals surface area contributed by atoms with Gasteiger partial charge in [-0.15, -0.1) is 0 Å². The number of halogens is 7. The summed E-state index contributed by atoms with van der Waals surface area (Å²) in [5, 5.41) is 155. The van der Waals surface area contributed by atoms with Crippen molar-refractivity contribution in [3.63, 3.8) is 0 Å². The first kappa shape index (κ1) is 45.8. The van der Waals surface area contributed by atoms with Crippen LogP contribution in [0.4, 0.5) is 35.5 Å². The number of carbonyl (C=O) groups excluding carboxylic acids is 2. The Morgan fingerprint density at radius 3 is 1.53 bits per heavy atom. The summed E-state index contributed by atoms with van der Waals surface area (Å²) in [5.41, 5.74) is -10.1. The van der Waals surface area contributed by atoms with Gasteiger partial charge in [0.2, 0.25) is 5.91 Å². The van der Waals surface area contributed by atoms with Gasteiger partial charge in [-0.05, 0) is 55.3 Å². The van der Waals surface area contributed by atoms with Crippen LogP contribution in [-0.2, 0) is 22.9 Å². The summed E-state index contributed by atoms with van der Waals surface area (Å²) in [5.74, 6) is -33.4. The number of likely N-dealkylation sites (tertiary alicyclic amines) is 1. The van der Waals surface area contributed by atoms with Crippen molar-refractivity contribution in [2.24, 2.45) is 0 Å². The highest BCUT2D eigenvalue weighted by Crippen LogP contribution is 2.53. The van der Waals surface area contributed by atoms with Gasteiger partial charge in [0.15, 0.2) is 5.72 Å². The number of hydrogen-bond acceptors (Lipinski definition) is 17. The fourth-order valence-corrected chi connectivity index (χ4v) is 6.67. The van der Waals surface area contributed by atoms with Crippen molar-refractivity contribution in [3.8, 4) is 0 Å². The summed E-state index contributed by atoms with van der Waals surface area (Å²) in [6.45, 7) is 1.59. The van der Waals surface area contributed by atoms with E-state index in [2.05, 4.69) is 0 Å². The van der Waals surface area contributed by atoms with Crippen LogP contribution in [0.1, 0.15) is 47.7 Å². The molecule has 3 amide bonds. The average Bonchev–Trinajstić information content (AvgIpc) is 3.02. The number of piperazine rings is 1. The van der Waals surface area contributed by atoms with Crippen molar-refractivity contribution < 1.29 is 112 Å². The van der Waals surface area contributed by atoms with Crippen molar-refractivity contribution >= 4 is 11.9 Å². The molecule has 0 radical (unpaired) electrons. The van der Waals surface area contributed by atoms with Crippen LogP contribution in [0.15, 0.2) is 36.4 Å². The van der Waals surface area contributed by atoms with Gasteiger partial charge in [-0.1, -0.05) is 6.07 Å². The number of aliphatic hydroxyl groups excluding tert-OH is 1. The minimum atomic E-state index is -5.52. The van der Waals surface area contributed by atoms with E-state index in [0.29, 0.717) is 32.2 Å². The van der Waals surface area contributed by atoms with E-state index < -0.39 is 132 Å². The van der Waals surface area contributed by atoms with Gasteiger partial charge in [0.05, 0.1) is 17.2 Å². The van der Waals surface area contributed by atoms with E-state index in [-0.39, 0.29) is 30.0 Å². The lowest BCUT2D eigenvalue weighted by molar-refractivity contribution is -0.616. The first-order chi connectivity index (χ1) is 25.3. The standard InChI is InChI=1S/C30H35F7N4O16/c1-11-7-16(31)5-6-17(11)18-19(43)20(41-29(54,55)27(50,51)40(12(2)42)28(52,53)30(41,56)57)23(46,47)26(48,49)39(18)21(44)38(4)22(3,45)13-8-14(24(32,33)34)10-15(9-13)25(35,36)37/h5-10,18-20,43,45-57H,1-4H3. The first-order valence-electron chi connectivity index (χ1n) is 15.6. The second-order valence-corrected chi connectivity index (χ2v) is 13.5. The van der Waals surface area contributed by atoms with Crippen LogP contribution >= 0.6 is 0 Å². The molecule has 2 aromatic rings. The zero-order valence-electron chi connectivity index (χ0n) is 29.2. The normalized spacial score (nSPS) is 26.4. The molecule has 2 heterocycles. The Balaban J connectivity index is 2.03. The summed E-state index contributed by atoms with van der Waals surface area (Å²) in [6.07, 6.45) is -14.4. The van der Waals surface area contributed by atoms with Crippen LogP contribution in [0.5, 0.6) is 0 Å². The molecule has 2 aromatic carbocycles. The number of carbonyl (C=O) groups is 2. The monoisotopic (exact) mass is 840 g/mol. The number of benzene rings is 2. The summed E-state index contributed by atoms with van der Waals surface area (Å²) in [6, 6.07) is -7.83. The van der Waals surface area contributed by atoms with E-state index >= 15 is 0 Å². The van der Waals surface area contributed by atoms with Crippen LogP contribution in [0.3, 0.4) is 0 Å². The van der Waals surface area contributed by atoms with E-state index in [1.165, 1.54) is 0 Å². The molecular formula is C30H35F7N4O16. The summed E-state index contributed by atoms with van der Waals surface area (Å²) < 4.78 is 96.5. The number of aliphatic hydroxyl groups is 14. The number of amides is 3. The molecule has 0 bridgehead atoms. The Bertz CT molecular complexity index is 1880. The van der Waals surface area contributed by atoms with E-state index in [0.717, 1.165) is 6.92 Å². The maximum absolute atomic E-state index is 14.3. The molecule has 27 heteroatoms. The molecule has 4 rings (SSSR count). The largest absolute Gasteiger partial charge is 0.416 e. The summed E-state index contributed by atoms with van der Waals surface area (Å²) in [4.78, 5) is 22.9. The highest BCUT2D eigenvalue weighted by Gasteiger charge is 2.83. The first-order valence-corrected chi connectivity index (χ1v) is 15.6. The van der Waals surface area contributed by atoms with Crippen LogP contribution in [0.25, 0.3) is 0 Å². The van der Waals surface area contributed by atoms with Gasteiger partial charge in [-0.2, -0.15) is 31.2 Å². The quantitative estimate of drug-likeness (QED) is 0.104. The molecule has 0 saturated carbocycles. The molecule has 2 aliphatic heterocycles. The molecule has 0 aliphatic carbocycles. The van der Waals surface area contributed by atoms with E-state index in [9.17, 15) is 112 Å². The molecule has 2 fully saturated rings. The van der Waals surface area contributed by atoms with Crippen molar-refractivity contribution in [2.75, 3.05) is 7.05 Å². The Labute approximate surface area is 313 Å². The third-order valence-corrected chi connectivity index (χ3v) is 9.79. The third-order valence-electron chi connectivity index (χ3n) is 9.79. The number of piperidine rings is 1. The number of rotatable bonds is 4. The molecule has 320 valence electrons. The molecule has 2 saturated heterocycles. The SMILES string of the molecule is CC(=O)N1C(O)(O)C(O)(O)N(C2C(O)C(c3ccc(F)cc3C)N(C(=O)N(C)C(C)(O)c3cc(C(F)(F)F)cc(C(F)(F)F)c3)C(O)(O)C2(O)O)C(O)(O)C1(O)O. The molecule has 4 unspecified atom stereocenters. The average molecular weight is 841 g/mol. The summed E-state index contributed by atoms with van der Waals surface area (Å²) in [7, 11) is 0.382. The van der Waals surface area contributed by atoms with Crippen molar-refractivity contribution in [1.82, 2.24) is 19.6 Å². The smallest absolute Gasteiger partial charge is 0.389 e. The van der Waals surface area contributed by atoms with E-state index in [4.69, 9.17) is 0 Å². The highest BCUT2D eigenvalue weighted by molar-refractivity contribution is 5.77. The predicted molar refractivity (Wildman–Crippen MR) is 162 cm³/mol. The van der Waals surface area contributed by atoms with Gasteiger partial charge in [-0.25, -0.2) is 14.1 Å². The van der Waals surface area contributed by atoms with Crippen LogP contribution in [0.2, 0.25) is 0 Å². The molecule has 0 aromatic heterocycles. The fourth-order valence-electron chi connectivity index (χ4n) is 6.67. The zero-order chi connectivity index (χ0) is 44.4. The van der Waals surface area contributed by atoms with Crippen molar-refractivity contribution in [2.45, 2.75) is 92.4 Å². The Morgan fingerprint density at radius 1 is 0.719 bits per heavy atom. The zero-order valence-corrected chi connectivity index (χ0v) is 29.2. The Hall–Kier alpha value is -3.91. The van der Waals surface area contributed by atoms with Crippen molar-refractivity contribution in [1.29, 1.82) is 0 Å². The number of nitrogens with zero attached hydrogens (tertiary/aromatic N) is 4. The van der Waals surface area contributed by atoms with Gasteiger partial charge in [-0.3, -0.25) is 14.6 Å². The third kappa shape index (κ3) is 6.66. The minimum absolute atomic E-state index is 0.0633. The molecule has 2 aliphatic rings. The van der Waals surface area contributed by atoms with E-state index in [1.807, 2.05) is 0 Å². The fraction of sp³-hybridized carbons (Fsp3) is 0.533. The predicted octanol–water partition coefficient (Wildman–Crippen LogP) is -3.79. The molecule has 0 spiro atoms. The lowest BCUT2D eigenvalue weighted by Crippen LogP contribution is -2.95. The van der Waals surface area contributed by atoms with Crippen molar-refractivity contribution in [3.05, 3.63) is 70.0 Å². The van der Waals surface area contributed by atoms with Gasteiger partial charge in [0.25, 0.3) is 5.79 Å². The van der Waals surface area contributed by atoms with Gasteiger partial charge in [0, 0.05) is 19.5 Å². The minimum Gasteiger partial charge on any atom is -0.389 e. The molecule has 57 heavy (non-hydrogen) atoms. The second kappa shape index (κ2) is 13.3. The number of alkyl halides is 6. The van der Waals surface area contributed by atoms with Gasteiger partial charge in [0.1, 0.15) is 18.0 Å². The maximum atomic E-state index is 14.3. The Kier molecular flexibility index (Phi) is 10.7. The maximum Gasteiger partial charge on any atom is 0.416 e. The number of urea groups is 1. The van der Waals surface area contributed by atoms with Crippen LogP contribution in [0, 0.1) is 12.7 Å². The second-order valence-electron chi connectivity index (χ2n) is 13.5. The molecular weight excluding hydrogens is 805 g/mol. The van der Waals surface area contributed by atoms with Crippen LogP contribution in [-0.4, -0.2) is 158 Å².